The van der Waals surface area contributed by atoms with Gasteiger partial charge in [0, 0.05) is 27.7 Å². The van der Waals surface area contributed by atoms with Crippen LogP contribution >= 0.6 is 39.1 Å². The summed E-state index contributed by atoms with van der Waals surface area (Å²) in [6.07, 6.45) is 0. The van der Waals surface area contributed by atoms with E-state index in [1.54, 1.807) is 36.4 Å². The number of aromatic carboxylic acids is 1. The molecule has 0 aliphatic rings. The second-order valence-corrected chi connectivity index (χ2v) is 10.1. The van der Waals surface area contributed by atoms with Crippen molar-refractivity contribution in [1.29, 1.82) is 0 Å². The molecule has 17 heteroatoms. The summed E-state index contributed by atoms with van der Waals surface area (Å²) in [5, 5.41) is 8.69. The molecule has 0 aliphatic heterocycles. The van der Waals surface area contributed by atoms with Gasteiger partial charge in [0.2, 0.25) is 6.79 Å². The van der Waals surface area contributed by atoms with Crippen molar-refractivity contribution < 1.29 is 67.1 Å². The normalized spacial score (nSPS) is 9.20. The van der Waals surface area contributed by atoms with Gasteiger partial charge in [-0.25, -0.2) is 14.4 Å². The molecule has 1 N–H and O–H groups in total. The highest BCUT2D eigenvalue weighted by molar-refractivity contribution is 9.09. The van der Waals surface area contributed by atoms with E-state index in [-0.39, 0.29) is 40.0 Å². The Morgan fingerprint density at radius 2 is 0.878 bits per heavy atom. The van der Waals surface area contributed by atoms with E-state index < -0.39 is 48.6 Å². The molecule has 0 spiro atoms. The Hall–Kier alpha value is -4.99. The topological polar surface area (TPSA) is 195 Å². The van der Waals surface area contributed by atoms with Crippen molar-refractivity contribution in [1.82, 2.24) is 0 Å². The summed E-state index contributed by atoms with van der Waals surface area (Å²) in [6, 6.07) is 18.1. The summed E-state index contributed by atoms with van der Waals surface area (Å²) >= 11 is 13.1. The molecule has 0 saturated carbocycles. The summed E-state index contributed by atoms with van der Waals surface area (Å²) in [5.41, 5.74) is 0.242. The van der Waals surface area contributed by atoms with Crippen LogP contribution in [0, 0.1) is 0 Å². The lowest BCUT2D eigenvalue weighted by Crippen LogP contribution is -2.13. The Morgan fingerprint density at radius 1 is 0.551 bits per heavy atom. The van der Waals surface area contributed by atoms with Crippen molar-refractivity contribution in [3.8, 4) is 17.2 Å². The number of alkyl halides is 3. The quantitative estimate of drug-likeness (QED) is 0.112. The van der Waals surface area contributed by atoms with Crippen LogP contribution in [-0.2, 0) is 33.4 Å². The van der Waals surface area contributed by atoms with Crippen LogP contribution in [0.25, 0.3) is 0 Å². The number of rotatable bonds is 9. The molecule has 3 aromatic carbocycles. The van der Waals surface area contributed by atoms with E-state index in [2.05, 4.69) is 34.9 Å². The number of halogens is 3. The van der Waals surface area contributed by atoms with Gasteiger partial charge in [0.1, 0.15) is 33.9 Å². The number of carbonyl (C=O) groups is 7. The maximum Gasteiger partial charge on any atom is 0.344 e. The van der Waals surface area contributed by atoms with Crippen molar-refractivity contribution in [3.63, 3.8) is 0 Å². The van der Waals surface area contributed by atoms with Gasteiger partial charge >= 0.3 is 41.8 Å². The van der Waals surface area contributed by atoms with Gasteiger partial charge < -0.3 is 33.5 Å². The second kappa shape index (κ2) is 25.1. The highest BCUT2D eigenvalue weighted by Crippen LogP contribution is 2.20. The monoisotopic (exact) mass is 788 g/mol. The molecule has 3 rings (SSSR count). The molecule has 0 aromatic heterocycles. The van der Waals surface area contributed by atoms with Crippen LogP contribution in [0.3, 0.4) is 0 Å². The fraction of sp³-hybridized carbons (Fsp3) is 0.219. The second-order valence-electron chi connectivity index (χ2n) is 8.40. The Morgan fingerprint density at radius 3 is 1.20 bits per heavy atom. The van der Waals surface area contributed by atoms with Gasteiger partial charge in [-0.05, 0) is 36.4 Å². The minimum absolute atomic E-state index is 0.0160. The maximum absolute atomic E-state index is 11.6. The average Bonchev–Trinajstić information content (AvgIpc) is 3.02. The number of esters is 6. The minimum Gasteiger partial charge on any atom is -0.478 e. The number of benzene rings is 3. The van der Waals surface area contributed by atoms with Crippen molar-refractivity contribution in [3.05, 3.63) is 89.5 Å². The predicted octanol–water partition coefficient (Wildman–Crippen LogP) is 6.14. The summed E-state index contributed by atoms with van der Waals surface area (Å²) in [7, 11) is 0. The molecule has 0 heterocycles. The Labute approximate surface area is 299 Å². The van der Waals surface area contributed by atoms with Crippen LogP contribution in [-0.4, -0.2) is 64.5 Å². The first-order valence-electron chi connectivity index (χ1n) is 13.4. The highest BCUT2D eigenvalue weighted by Gasteiger charge is 2.16. The van der Waals surface area contributed by atoms with Crippen LogP contribution in [0.15, 0.2) is 72.8 Å². The average molecular weight is 790 g/mol. The Bertz CT molecular complexity index is 1580. The van der Waals surface area contributed by atoms with Gasteiger partial charge in [0.15, 0.2) is 6.07 Å². The molecule has 0 unspecified atom stereocenters. The van der Waals surface area contributed by atoms with E-state index in [4.69, 9.17) is 37.8 Å². The molecule has 0 bridgehead atoms. The number of carbonyl (C=O) groups excluding carboxylic acids is 6. The van der Waals surface area contributed by atoms with Crippen molar-refractivity contribution in [2.24, 2.45) is 0 Å². The number of carboxylic acids is 1. The molecule has 3 aromatic rings. The van der Waals surface area contributed by atoms with E-state index in [0.29, 0.717) is 4.79 Å². The zero-order chi connectivity index (χ0) is 37.4. The lowest BCUT2D eigenvalue weighted by atomic mass is 10.2. The molecular weight excluding hydrogens is 759 g/mol. The molecule has 0 aliphatic carbocycles. The third-order valence-corrected chi connectivity index (χ3v) is 4.84. The van der Waals surface area contributed by atoms with Crippen LogP contribution < -0.4 is 14.2 Å². The first kappa shape index (κ1) is 44.0. The third-order valence-electron chi connectivity index (χ3n) is 4.73. The van der Waals surface area contributed by atoms with Gasteiger partial charge in [0.25, 0.3) is 0 Å². The fourth-order valence-electron chi connectivity index (χ4n) is 3.02. The third kappa shape index (κ3) is 19.4. The molecule has 0 amide bonds. The summed E-state index contributed by atoms with van der Waals surface area (Å²) < 4.78 is 28.1. The molecule has 49 heavy (non-hydrogen) atoms. The standard InChI is InChI=1S/C12H12O6.C10H9ClO4.C9H8O4.CH2BrCl/c1-8(13)16-7-17-12(15)10-5-3-4-6-11(10)18-9(2)14;1-7(12)15-9-5-3-2-4-8(9)10(13)14-6-11;1-6(10)13-8-5-3-2-4-7(8)9(11)12;2-1-3/h3-6H,7H2,1-2H3;2-5H,6H2,1H3;2-5H,1H3,(H,11,12);1H2. The lowest BCUT2D eigenvalue weighted by Gasteiger charge is -2.08. The van der Waals surface area contributed by atoms with Gasteiger partial charge in [-0.1, -0.05) is 63.9 Å². The van der Waals surface area contributed by atoms with Crippen LogP contribution in [0.4, 0.5) is 0 Å². The highest BCUT2D eigenvalue weighted by atomic mass is 79.9. The van der Waals surface area contributed by atoms with E-state index >= 15 is 0 Å². The zero-order valence-electron chi connectivity index (χ0n) is 26.4. The Balaban J connectivity index is 0.000000685. The smallest absolute Gasteiger partial charge is 0.344 e. The molecule has 0 atom stereocenters. The largest absolute Gasteiger partial charge is 0.478 e. The zero-order valence-corrected chi connectivity index (χ0v) is 29.5. The van der Waals surface area contributed by atoms with Gasteiger partial charge in [-0.2, -0.15) is 0 Å². The van der Waals surface area contributed by atoms with Crippen molar-refractivity contribution in [2.75, 3.05) is 17.6 Å². The van der Waals surface area contributed by atoms with E-state index in [1.807, 2.05) is 0 Å². The SMILES string of the molecule is CC(=O)OCOC(=O)c1ccccc1OC(C)=O.CC(=O)Oc1ccccc1C(=O)O.CC(=O)Oc1ccccc1C(=O)OCCl.ClCBr. The Kier molecular flexibility index (Phi) is 22.5. The predicted molar refractivity (Wildman–Crippen MR) is 178 cm³/mol. The van der Waals surface area contributed by atoms with Gasteiger partial charge in [0.05, 0.1) is 4.79 Å². The molecular formula is C32H31BrCl2O14. The number of hydrogen-bond acceptors (Lipinski definition) is 13. The summed E-state index contributed by atoms with van der Waals surface area (Å²) in [5.74, 6) is -4.28. The number of carboxylic acid groups (broad SMARTS) is 1. The molecule has 0 saturated heterocycles. The fourth-order valence-corrected chi connectivity index (χ4v) is 3.12. The van der Waals surface area contributed by atoms with Gasteiger partial charge in [-0.15, -0.1) is 11.6 Å². The number of hydrogen-bond donors (Lipinski definition) is 1. The maximum atomic E-state index is 11.6. The van der Waals surface area contributed by atoms with E-state index in [9.17, 15) is 33.6 Å². The first-order chi connectivity index (χ1) is 23.2. The summed E-state index contributed by atoms with van der Waals surface area (Å²) in [4.78, 5) is 76.8. The molecule has 264 valence electrons. The number of ether oxygens (including phenoxy) is 6. The molecule has 14 nitrogen and oxygen atoms in total. The molecule has 0 fully saturated rings. The van der Waals surface area contributed by atoms with E-state index in [1.165, 1.54) is 64.1 Å². The molecule has 0 radical (unpaired) electrons. The van der Waals surface area contributed by atoms with Crippen molar-refractivity contribution in [2.45, 2.75) is 27.7 Å². The first-order valence-corrected chi connectivity index (χ1v) is 15.6. The number of para-hydroxylation sites is 3. The minimum atomic E-state index is -1.11. The van der Waals surface area contributed by atoms with E-state index in [0.717, 1.165) is 0 Å². The van der Waals surface area contributed by atoms with Crippen LogP contribution in [0.1, 0.15) is 58.8 Å². The summed E-state index contributed by atoms with van der Waals surface area (Å²) in [6.45, 7) is 4.41. The van der Waals surface area contributed by atoms with Gasteiger partial charge in [-0.3, -0.25) is 19.2 Å². The van der Waals surface area contributed by atoms with Crippen molar-refractivity contribution >= 4 is 80.9 Å². The lowest BCUT2D eigenvalue weighted by molar-refractivity contribution is -0.149. The van der Waals surface area contributed by atoms with Crippen LogP contribution in [0.5, 0.6) is 17.2 Å². The van der Waals surface area contributed by atoms with Crippen LogP contribution in [0.2, 0.25) is 0 Å².